The summed E-state index contributed by atoms with van der Waals surface area (Å²) in [5, 5.41) is 5.73. The smallest absolute Gasteiger partial charge is 0.256 e. The van der Waals surface area contributed by atoms with Crippen LogP contribution in [-0.4, -0.2) is 16.8 Å². The summed E-state index contributed by atoms with van der Waals surface area (Å²) in [6.45, 7) is 0.813. The summed E-state index contributed by atoms with van der Waals surface area (Å²) in [4.78, 5) is 16.4. The average Bonchev–Trinajstić information content (AvgIpc) is 3.21. The molecule has 23 heavy (non-hydrogen) atoms. The van der Waals surface area contributed by atoms with Crippen LogP contribution >= 0.6 is 11.3 Å². The van der Waals surface area contributed by atoms with E-state index in [1.165, 1.54) is 24.1 Å². The van der Waals surface area contributed by atoms with Crippen LogP contribution in [0.3, 0.4) is 0 Å². The molecule has 1 amide bonds. The Hall–Kier alpha value is -1.65. The molecule has 1 aromatic carbocycles. The minimum Gasteiger partial charge on any atom is -0.316 e. The summed E-state index contributed by atoms with van der Waals surface area (Å²) in [5.74, 6) is 0.205. The number of nitrogens with zero attached hydrogens (tertiary/aromatic N) is 1. The Morgan fingerprint density at radius 3 is 2.70 bits per heavy atom. The van der Waals surface area contributed by atoms with E-state index in [9.17, 15) is 4.79 Å². The lowest BCUT2D eigenvalue weighted by Crippen LogP contribution is -2.44. The molecular formula is C19H22N2OS. The van der Waals surface area contributed by atoms with Gasteiger partial charge in [-0.05, 0) is 30.4 Å². The van der Waals surface area contributed by atoms with Gasteiger partial charge in [-0.15, -0.1) is 11.3 Å². The van der Waals surface area contributed by atoms with Crippen molar-refractivity contribution in [3.05, 3.63) is 57.8 Å². The van der Waals surface area contributed by atoms with Gasteiger partial charge < -0.3 is 4.90 Å². The molecule has 0 radical (unpaired) electrons. The van der Waals surface area contributed by atoms with Crippen molar-refractivity contribution >= 4 is 17.2 Å². The fourth-order valence-corrected chi connectivity index (χ4v) is 4.55. The van der Waals surface area contributed by atoms with E-state index in [1.54, 1.807) is 11.3 Å². The van der Waals surface area contributed by atoms with Gasteiger partial charge in [0.05, 0.1) is 0 Å². The molecule has 1 atom stereocenters. The standard InChI is InChI=1S/C19H22N2OS/c22-19-17-11-5-4-10-16(17)18(20-13-15-9-6-12-23-15)21(19)14-7-2-1-3-8-14/h4-6,9-12,14,18,20H,1-3,7-8,13H2. The molecule has 1 fully saturated rings. The first-order chi connectivity index (χ1) is 11.3. The molecular weight excluding hydrogens is 304 g/mol. The number of carbonyl (C=O) groups excluding carboxylic acids is 1. The number of rotatable bonds is 4. The summed E-state index contributed by atoms with van der Waals surface area (Å²) >= 11 is 1.76. The summed E-state index contributed by atoms with van der Waals surface area (Å²) in [6, 6.07) is 12.7. The van der Waals surface area contributed by atoms with Crippen LogP contribution in [0.25, 0.3) is 0 Å². The highest BCUT2D eigenvalue weighted by molar-refractivity contribution is 7.09. The van der Waals surface area contributed by atoms with Crippen molar-refractivity contribution in [2.24, 2.45) is 0 Å². The second kappa shape index (κ2) is 6.46. The normalized spacial score (nSPS) is 21.7. The fraction of sp³-hybridized carbons (Fsp3) is 0.421. The van der Waals surface area contributed by atoms with E-state index in [4.69, 9.17) is 0 Å². The Morgan fingerprint density at radius 2 is 1.91 bits per heavy atom. The van der Waals surface area contributed by atoms with Crippen LogP contribution in [0.1, 0.15) is 59.1 Å². The van der Waals surface area contributed by atoms with E-state index in [2.05, 4.69) is 33.8 Å². The van der Waals surface area contributed by atoms with E-state index in [-0.39, 0.29) is 12.1 Å². The van der Waals surface area contributed by atoms with Gasteiger partial charge in [0, 0.05) is 28.6 Å². The summed E-state index contributed by atoms with van der Waals surface area (Å²) in [6.07, 6.45) is 6.07. The number of hydrogen-bond acceptors (Lipinski definition) is 3. The van der Waals surface area contributed by atoms with Gasteiger partial charge in [-0.2, -0.15) is 0 Å². The number of carbonyl (C=O) groups is 1. The van der Waals surface area contributed by atoms with Gasteiger partial charge in [-0.25, -0.2) is 0 Å². The molecule has 0 bridgehead atoms. The monoisotopic (exact) mass is 326 g/mol. The number of nitrogens with one attached hydrogen (secondary N) is 1. The first-order valence-electron chi connectivity index (χ1n) is 8.52. The van der Waals surface area contributed by atoms with E-state index >= 15 is 0 Å². The molecule has 4 rings (SSSR count). The van der Waals surface area contributed by atoms with Gasteiger partial charge >= 0.3 is 0 Å². The SMILES string of the molecule is O=C1c2ccccc2C(NCc2cccs2)N1C1CCCCC1. The first kappa shape index (κ1) is 14.9. The van der Waals surface area contributed by atoms with Crippen molar-refractivity contribution in [1.29, 1.82) is 0 Å². The summed E-state index contributed by atoms with van der Waals surface area (Å²) in [5.41, 5.74) is 2.02. The molecule has 1 saturated carbocycles. The molecule has 0 spiro atoms. The Labute approximate surface area is 141 Å². The Bertz CT molecular complexity index is 676. The van der Waals surface area contributed by atoms with Crippen molar-refractivity contribution in [2.75, 3.05) is 0 Å². The van der Waals surface area contributed by atoms with Crippen molar-refractivity contribution in [1.82, 2.24) is 10.2 Å². The Kier molecular flexibility index (Phi) is 4.19. The van der Waals surface area contributed by atoms with Crippen LogP contribution in [-0.2, 0) is 6.54 Å². The van der Waals surface area contributed by atoms with E-state index in [1.807, 2.05) is 18.2 Å². The lowest BCUT2D eigenvalue weighted by Gasteiger charge is -2.36. The van der Waals surface area contributed by atoms with Gasteiger partial charge in [-0.3, -0.25) is 10.1 Å². The van der Waals surface area contributed by atoms with Crippen LogP contribution < -0.4 is 5.32 Å². The number of fused-ring (bicyclic) bond motifs is 1. The predicted octanol–water partition coefficient (Wildman–Crippen LogP) is 4.33. The molecule has 2 aliphatic rings. The van der Waals surface area contributed by atoms with Crippen LogP contribution in [0.2, 0.25) is 0 Å². The lowest BCUT2D eigenvalue weighted by atomic mass is 9.94. The molecule has 3 nitrogen and oxygen atoms in total. The predicted molar refractivity (Wildman–Crippen MR) is 93.4 cm³/mol. The fourth-order valence-electron chi connectivity index (χ4n) is 3.89. The van der Waals surface area contributed by atoms with Gasteiger partial charge in [0.25, 0.3) is 5.91 Å². The Morgan fingerprint density at radius 1 is 1.09 bits per heavy atom. The quantitative estimate of drug-likeness (QED) is 0.907. The minimum absolute atomic E-state index is 0.0175. The van der Waals surface area contributed by atoms with Crippen LogP contribution in [0, 0.1) is 0 Å². The van der Waals surface area contributed by atoms with E-state index in [0.717, 1.165) is 30.5 Å². The largest absolute Gasteiger partial charge is 0.316 e. The summed E-state index contributed by atoms with van der Waals surface area (Å²) < 4.78 is 0. The van der Waals surface area contributed by atoms with Crippen molar-refractivity contribution in [3.8, 4) is 0 Å². The van der Waals surface area contributed by atoms with Crippen molar-refractivity contribution in [3.63, 3.8) is 0 Å². The molecule has 1 aromatic heterocycles. The molecule has 2 aromatic rings. The van der Waals surface area contributed by atoms with Gasteiger partial charge in [0.2, 0.25) is 0 Å². The molecule has 1 unspecified atom stereocenters. The maximum Gasteiger partial charge on any atom is 0.256 e. The third kappa shape index (κ3) is 2.81. The van der Waals surface area contributed by atoms with Crippen LogP contribution in [0.15, 0.2) is 41.8 Å². The highest BCUT2D eigenvalue weighted by Gasteiger charge is 2.40. The molecule has 0 saturated heterocycles. The molecule has 1 aliphatic heterocycles. The zero-order valence-corrected chi connectivity index (χ0v) is 14.0. The molecule has 4 heteroatoms. The number of hydrogen-bond donors (Lipinski definition) is 1. The first-order valence-corrected chi connectivity index (χ1v) is 9.40. The zero-order chi connectivity index (χ0) is 15.6. The summed E-state index contributed by atoms with van der Waals surface area (Å²) in [7, 11) is 0. The number of thiophene rings is 1. The Balaban J connectivity index is 1.61. The van der Waals surface area contributed by atoms with Gasteiger partial charge in [0.15, 0.2) is 0 Å². The van der Waals surface area contributed by atoms with Gasteiger partial charge in [-0.1, -0.05) is 43.5 Å². The van der Waals surface area contributed by atoms with Gasteiger partial charge in [0.1, 0.15) is 6.17 Å². The maximum atomic E-state index is 13.0. The topological polar surface area (TPSA) is 32.3 Å². The molecule has 120 valence electrons. The highest BCUT2D eigenvalue weighted by Crippen LogP contribution is 2.37. The molecule has 2 heterocycles. The van der Waals surface area contributed by atoms with E-state index < -0.39 is 0 Å². The molecule has 1 N–H and O–H groups in total. The van der Waals surface area contributed by atoms with Crippen LogP contribution in [0.4, 0.5) is 0 Å². The van der Waals surface area contributed by atoms with Crippen molar-refractivity contribution < 1.29 is 4.79 Å². The second-order valence-electron chi connectivity index (χ2n) is 6.45. The van der Waals surface area contributed by atoms with Crippen molar-refractivity contribution in [2.45, 2.75) is 50.9 Å². The third-order valence-corrected chi connectivity index (χ3v) is 5.89. The van der Waals surface area contributed by atoms with E-state index in [0.29, 0.717) is 6.04 Å². The van der Waals surface area contributed by atoms with Crippen LogP contribution in [0.5, 0.6) is 0 Å². The average molecular weight is 326 g/mol. The maximum absolute atomic E-state index is 13.0. The number of benzene rings is 1. The lowest BCUT2D eigenvalue weighted by molar-refractivity contribution is 0.0520. The minimum atomic E-state index is 0.0175. The zero-order valence-electron chi connectivity index (χ0n) is 13.2. The number of amides is 1. The third-order valence-electron chi connectivity index (χ3n) is 5.02. The second-order valence-corrected chi connectivity index (χ2v) is 7.49. The molecule has 1 aliphatic carbocycles. The highest BCUT2D eigenvalue weighted by atomic mass is 32.1.